The molecular weight excluding hydrogens is 444 g/mol. The number of rotatable bonds is 10. The minimum atomic E-state index is 0.155. The third-order valence-corrected chi connectivity index (χ3v) is 4.30. The van der Waals surface area contributed by atoms with Crippen LogP contribution in [0.4, 0.5) is 0 Å². The maximum atomic E-state index is 6.28. The summed E-state index contributed by atoms with van der Waals surface area (Å²) >= 11 is 23.2. The average molecular weight is 463 g/mol. The van der Waals surface area contributed by atoms with Crippen molar-refractivity contribution in [1.82, 2.24) is 0 Å². The van der Waals surface area contributed by atoms with Crippen LogP contribution in [0.15, 0.2) is 52.1 Å². The Balaban J connectivity index is 1.73. The molecule has 8 heteroatoms. The van der Waals surface area contributed by atoms with Gasteiger partial charge in [0.05, 0.1) is 17.8 Å². The van der Waals surface area contributed by atoms with Gasteiger partial charge in [-0.25, -0.2) is 0 Å². The third-order valence-electron chi connectivity index (χ3n) is 3.46. The summed E-state index contributed by atoms with van der Waals surface area (Å²) < 4.78 is 11.4. The van der Waals surface area contributed by atoms with E-state index in [4.69, 9.17) is 60.7 Å². The molecule has 2 rings (SSSR count). The van der Waals surface area contributed by atoms with Gasteiger partial charge < -0.3 is 14.3 Å². The lowest BCUT2D eigenvalue weighted by Crippen LogP contribution is -2.03. The molecule has 0 bridgehead atoms. The predicted molar refractivity (Wildman–Crippen MR) is 117 cm³/mol. The van der Waals surface area contributed by atoms with Gasteiger partial charge >= 0.3 is 0 Å². The molecule has 4 nitrogen and oxygen atoms in total. The van der Waals surface area contributed by atoms with Gasteiger partial charge in [0.15, 0.2) is 0 Å². The highest BCUT2D eigenvalue weighted by atomic mass is 35.5. The summed E-state index contributed by atoms with van der Waals surface area (Å²) in [6.07, 6.45) is 3.83. The first-order valence-corrected chi connectivity index (χ1v) is 9.94. The first-order chi connectivity index (χ1) is 13.5. The van der Waals surface area contributed by atoms with Crippen LogP contribution in [0.1, 0.15) is 17.5 Å². The molecule has 150 valence electrons. The summed E-state index contributed by atoms with van der Waals surface area (Å²) in [4.78, 5) is 5.23. The molecule has 0 aliphatic rings. The molecule has 0 saturated heterocycles. The number of halogens is 4. The van der Waals surface area contributed by atoms with Crippen LogP contribution in [-0.4, -0.2) is 26.0 Å². The zero-order valence-corrected chi connectivity index (χ0v) is 18.2. The lowest BCUT2D eigenvalue weighted by molar-refractivity contribution is 0.129. The Hall–Kier alpha value is -1.59. The zero-order chi connectivity index (χ0) is 20.4. The maximum Gasteiger partial charge on any atom is 0.141 e. The number of aryl methyl sites for hydroxylation is 1. The molecule has 0 aliphatic heterocycles. The van der Waals surface area contributed by atoms with Gasteiger partial charge in [-0.2, -0.15) is 0 Å². The molecule has 0 spiro atoms. The molecule has 0 fully saturated rings. The highest BCUT2D eigenvalue weighted by molar-refractivity contribution is 6.55. The smallest absolute Gasteiger partial charge is 0.141 e. The Bertz CT molecular complexity index is 796. The van der Waals surface area contributed by atoms with E-state index in [9.17, 15) is 0 Å². The van der Waals surface area contributed by atoms with E-state index >= 15 is 0 Å². The van der Waals surface area contributed by atoms with Crippen molar-refractivity contribution in [2.75, 3.05) is 19.8 Å². The molecule has 0 atom stereocenters. The SMILES string of the molecule is Cc1cc(OCC=C(Cl)Cl)cc(Cl)c1OCCCON=Cc1ccc(Cl)cc1. The Kier molecular flexibility index (Phi) is 9.79. The van der Waals surface area contributed by atoms with E-state index in [1.807, 2.05) is 25.1 Å². The molecule has 0 radical (unpaired) electrons. The molecule has 0 unspecified atom stereocenters. The van der Waals surface area contributed by atoms with Crippen LogP contribution in [0.5, 0.6) is 11.5 Å². The Morgan fingerprint density at radius 2 is 1.79 bits per heavy atom. The summed E-state index contributed by atoms with van der Waals surface area (Å²) in [6.45, 7) is 3.02. The fraction of sp³-hybridized carbons (Fsp3) is 0.250. The van der Waals surface area contributed by atoms with Crippen molar-refractivity contribution in [3.63, 3.8) is 0 Å². The summed E-state index contributed by atoms with van der Waals surface area (Å²) in [5.41, 5.74) is 1.78. The molecule has 0 aliphatic carbocycles. The van der Waals surface area contributed by atoms with E-state index < -0.39 is 0 Å². The Labute approximate surface area is 184 Å². The van der Waals surface area contributed by atoms with Crippen molar-refractivity contribution >= 4 is 52.6 Å². The van der Waals surface area contributed by atoms with Crippen molar-refractivity contribution in [3.05, 3.63) is 68.1 Å². The molecule has 2 aromatic carbocycles. The van der Waals surface area contributed by atoms with Crippen LogP contribution in [-0.2, 0) is 4.84 Å². The second kappa shape index (κ2) is 12.1. The number of benzene rings is 2. The fourth-order valence-corrected chi connectivity index (χ4v) is 2.73. The first-order valence-electron chi connectivity index (χ1n) is 8.43. The fourth-order valence-electron chi connectivity index (χ4n) is 2.16. The van der Waals surface area contributed by atoms with Crippen molar-refractivity contribution in [1.29, 1.82) is 0 Å². The number of nitrogens with zero attached hydrogens (tertiary/aromatic N) is 1. The largest absolute Gasteiger partial charge is 0.492 e. The van der Waals surface area contributed by atoms with Crippen molar-refractivity contribution in [3.8, 4) is 11.5 Å². The minimum Gasteiger partial charge on any atom is -0.492 e. The molecule has 2 aromatic rings. The molecule has 0 amide bonds. The second-order valence-corrected chi connectivity index (χ2v) is 7.53. The molecule has 28 heavy (non-hydrogen) atoms. The lowest BCUT2D eigenvalue weighted by Gasteiger charge is -2.13. The monoisotopic (exact) mass is 461 g/mol. The van der Waals surface area contributed by atoms with Crippen molar-refractivity contribution in [2.45, 2.75) is 13.3 Å². The van der Waals surface area contributed by atoms with Crippen LogP contribution in [0, 0.1) is 6.92 Å². The standard InChI is InChI=1S/C20H19Cl4NO3/c1-14-11-17(26-10-7-19(23)24)12-18(22)20(14)27-8-2-9-28-25-13-15-3-5-16(21)6-4-15/h3-7,11-13H,2,8-10H2,1H3. The number of hydrogen-bond acceptors (Lipinski definition) is 4. The Morgan fingerprint density at radius 3 is 2.46 bits per heavy atom. The highest BCUT2D eigenvalue weighted by Crippen LogP contribution is 2.33. The number of ether oxygens (including phenoxy) is 2. The number of oxime groups is 1. The maximum absolute atomic E-state index is 6.28. The quantitative estimate of drug-likeness (QED) is 0.221. The van der Waals surface area contributed by atoms with Gasteiger partial charge in [0, 0.05) is 17.5 Å². The van der Waals surface area contributed by atoms with E-state index in [2.05, 4.69) is 5.16 Å². The van der Waals surface area contributed by atoms with Crippen LogP contribution < -0.4 is 9.47 Å². The van der Waals surface area contributed by atoms with Crippen LogP contribution in [0.2, 0.25) is 10.0 Å². The van der Waals surface area contributed by atoms with E-state index in [1.165, 1.54) is 0 Å². The summed E-state index contributed by atoms with van der Waals surface area (Å²) in [5.74, 6) is 1.23. The van der Waals surface area contributed by atoms with Gasteiger partial charge in [-0.15, -0.1) is 0 Å². The third kappa shape index (κ3) is 8.19. The summed E-state index contributed by atoms with van der Waals surface area (Å²) in [5, 5.41) is 5.06. The summed E-state index contributed by atoms with van der Waals surface area (Å²) in [6, 6.07) is 10.8. The molecule has 0 heterocycles. The molecule has 0 aromatic heterocycles. The van der Waals surface area contributed by atoms with Gasteiger partial charge in [-0.1, -0.05) is 63.7 Å². The van der Waals surface area contributed by atoms with Gasteiger partial charge in [-0.3, -0.25) is 0 Å². The molecular formula is C20H19Cl4NO3. The first kappa shape index (κ1) is 22.7. The minimum absolute atomic E-state index is 0.155. The van der Waals surface area contributed by atoms with Crippen molar-refractivity contribution in [2.24, 2.45) is 5.16 Å². The van der Waals surface area contributed by atoms with E-state index in [0.717, 1.165) is 11.1 Å². The predicted octanol–water partition coefficient (Wildman–Crippen LogP) is 6.82. The van der Waals surface area contributed by atoms with Gasteiger partial charge in [-0.05, 0) is 42.3 Å². The van der Waals surface area contributed by atoms with E-state index in [-0.39, 0.29) is 11.1 Å². The summed E-state index contributed by atoms with van der Waals surface area (Å²) in [7, 11) is 0. The van der Waals surface area contributed by atoms with Crippen LogP contribution >= 0.6 is 46.4 Å². The number of hydrogen-bond donors (Lipinski definition) is 0. The van der Waals surface area contributed by atoms with Gasteiger partial charge in [0.25, 0.3) is 0 Å². The second-order valence-electron chi connectivity index (χ2n) is 5.68. The van der Waals surface area contributed by atoms with E-state index in [1.54, 1.807) is 30.5 Å². The topological polar surface area (TPSA) is 40.0 Å². The van der Waals surface area contributed by atoms with Crippen LogP contribution in [0.25, 0.3) is 0 Å². The molecule has 0 N–H and O–H groups in total. The highest BCUT2D eigenvalue weighted by Gasteiger charge is 2.09. The molecule has 0 saturated carbocycles. The normalized spacial score (nSPS) is 10.8. The lowest BCUT2D eigenvalue weighted by atomic mass is 10.2. The average Bonchev–Trinajstić information content (AvgIpc) is 2.64. The Morgan fingerprint density at radius 1 is 1.04 bits per heavy atom. The van der Waals surface area contributed by atoms with Crippen LogP contribution in [0.3, 0.4) is 0 Å². The van der Waals surface area contributed by atoms with E-state index in [0.29, 0.717) is 41.2 Å². The van der Waals surface area contributed by atoms with Crippen molar-refractivity contribution < 1.29 is 14.3 Å². The van der Waals surface area contributed by atoms with Gasteiger partial charge in [0.2, 0.25) is 0 Å². The zero-order valence-electron chi connectivity index (χ0n) is 15.1. The van der Waals surface area contributed by atoms with Gasteiger partial charge in [0.1, 0.15) is 29.2 Å².